The molecule has 0 aliphatic carbocycles. The molecule has 0 aliphatic rings. The summed E-state index contributed by atoms with van der Waals surface area (Å²) in [5.74, 6) is 0.365. The average Bonchev–Trinajstić information content (AvgIpc) is 2.57. The molecule has 0 spiro atoms. The van der Waals surface area contributed by atoms with Crippen LogP contribution in [0.5, 0.6) is 5.88 Å². The Morgan fingerprint density at radius 2 is 2.00 bits per heavy atom. The van der Waals surface area contributed by atoms with Gasteiger partial charge in [-0.2, -0.15) is 0 Å². The number of ether oxygens (including phenoxy) is 2. The Morgan fingerprint density at radius 1 is 1.13 bits per heavy atom. The summed E-state index contributed by atoms with van der Waals surface area (Å²) in [6.45, 7) is 1.30. The van der Waals surface area contributed by atoms with E-state index in [0.29, 0.717) is 37.7 Å². The van der Waals surface area contributed by atoms with E-state index in [9.17, 15) is 4.79 Å². The van der Waals surface area contributed by atoms with E-state index in [1.807, 2.05) is 18.2 Å². The van der Waals surface area contributed by atoms with Crippen LogP contribution in [-0.2, 0) is 11.2 Å². The summed E-state index contributed by atoms with van der Waals surface area (Å²) in [7, 11) is 1.59. The van der Waals surface area contributed by atoms with Crippen LogP contribution < -0.4 is 15.4 Å². The van der Waals surface area contributed by atoms with Crippen LogP contribution in [0.25, 0.3) is 0 Å². The van der Waals surface area contributed by atoms with E-state index in [1.165, 1.54) is 0 Å². The summed E-state index contributed by atoms with van der Waals surface area (Å²) in [4.78, 5) is 20.2. The van der Waals surface area contributed by atoms with Crippen molar-refractivity contribution in [3.63, 3.8) is 0 Å². The number of carbonyl (C=O) groups excluding carboxylic acids is 1. The SMILES string of the molecule is COCCOc1ncccc1NC(=O)NCCc1ccccn1. The van der Waals surface area contributed by atoms with Crippen LogP contribution in [0, 0.1) is 0 Å². The number of amides is 2. The number of pyridine rings is 2. The van der Waals surface area contributed by atoms with Crippen molar-refractivity contribution in [1.29, 1.82) is 0 Å². The molecular formula is C16H20N4O3. The highest BCUT2D eigenvalue weighted by molar-refractivity contribution is 5.90. The van der Waals surface area contributed by atoms with Crippen molar-refractivity contribution in [3.05, 3.63) is 48.4 Å². The second-order valence-corrected chi connectivity index (χ2v) is 4.65. The van der Waals surface area contributed by atoms with Gasteiger partial charge in [0.25, 0.3) is 0 Å². The van der Waals surface area contributed by atoms with E-state index in [2.05, 4.69) is 20.6 Å². The van der Waals surface area contributed by atoms with Crippen LogP contribution in [0.1, 0.15) is 5.69 Å². The highest BCUT2D eigenvalue weighted by atomic mass is 16.5. The van der Waals surface area contributed by atoms with Gasteiger partial charge >= 0.3 is 6.03 Å². The Bertz CT molecular complexity index is 607. The molecule has 23 heavy (non-hydrogen) atoms. The van der Waals surface area contributed by atoms with Gasteiger partial charge in [0.2, 0.25) is 5.88 Å². The molecule has 2 aromatic heterocycles. The molecular weight excluding hydrogens is 296 g/mol. The fourth-order valence-electron chi connectivity index (χ4n) is 1.84. The normalized spacial score (nSPS) is 10.1. The Labute approximate surface area is 135 Å². The largest absolute Gasteiger partial charge is 0.474 e. The number of urea groups is 1. The number of carbonyl (C=O) groups is 1. The van der Waals surface area contributed by atoms with Gasteiger partial charge < -0.3 is 20.1 Å². The molecule has 0 bridgehead atoms. The summed E-state index contributed by atoms with van der Waals surface area (Å²) >= 11 is 0. The van der Waals surface area contributed by atoms with Gasteiger partial charge in [0.15, 0.2) is 0 Å². The molecule has 0 aromatic carbocycles. The molecule has 0 saturated heterocycles. The maximum absolute atomic E-state index is 11.9. The predicted octanol–water partition coefficient (Wildman–Crippen LogP) is 1.87. The van der Waals surface area contributed by atoms with Crippen LogP contribution in [0.2, 0.25) is 0 Å². The van der Waals surface area contributed by atoms with Crippen LogP contribution in [0.4, 0.5) is 10.5 Å². The minimum atomic E-state index is -0.314. The molecule has 0 atom stereocenters. The molecule has 0 unspecified atom stereocenters. The number of anilines is 1. The Morgan fingerprint density at radius 3 is 2.78 bits per heavy atom. The number of hydrogen-bond donors (Lipinski definition) is 2. The minimum absolute atomic E-state index is 0.314. The second-order valence-electron chi connectivity index (χ2n) is 4.65. The minimum Gasteiger partial charge on any atom is -0.474 e. The molecule has 7 nitrogen and oxygen atoms in total. The molecule has 0 radical (unpaired) electrons. The van der Waals surface area contributed by atoms with Crippen LogP contribution in [-0.4, -0.2) is 42.9 Å². The molecule has 7 heteroatoms. The zero-order chi connectivity index (χ0) is 16.3. The van der Waals surface area contributed by atoms with Gasteiger partial charge in [-0.25, -0.2) is 9.78 Å². The first-order valence-corrected chi connectivity index (χ1v) is 7.31. The van der Waals surface area contributed by atoms with Crippen molar-refractivity contribution in [3.8, 4) is 5.88 Å². The van der Waals surface area contributed by atoms with Crippen LogP contribution in [0.3, 0.4) is 0 Å². The molecule has 0 aliphatic heterocycles. The van der Waals surface area contributed by atoms with E-state index in [-0.39, 0.29) is 6.03 Å². The third-order valence-corrected chi connectivity index (χ3v) is 2.94. The number of aromatic nitrogens is 2. The third kappa shape index (κ3) is 5.91. The van der Waals surface area contributed by atoms with E-state index in [4.69, 9.17) is 9.47 Å². The maximum atomic E-state index is 11.9. The third-order valence-electron chi connectivity index (χ3n) is 2.94. The number of rotatable bonds is 8. The predicted molar refractivity (Wildman–Crippen MR) is 86.6 cm³/mol. The Hall–Kier alpha value is -2.67. The summed E-state index contributed by atoms with van der Waals surface area (Å²) in [5.41, 5.74) is 1.44. The fourth-order valence-corrected chi connectivity index (χ4v) is 1.84. The van der Waals surface area contributed by atoms with E-state index >= 15 is 0 Å². The van der Waals surface area contributed by atoms with Crippen molar-refractivity contribution < 1.29 is 14.3 Å². The fraction of sp³-hybridized carbons (Fsp3) is 0.312. The summed E-state index contributed by atoms with van der Waals surface area (Å²) < 4.78 is 10.4. The van der Waals surface area contributed by atoms with Gasteiger partial charge in [0, 0.05) is 38.2 Å². The van der Waals surface area contributed by atoms with Gasteiger partial charge in [-0.3, -0.25) is 4.98 Å². The van der Waals surface area contributed by atoms with Gasteiger partial charge in [-0.1, -0.05) is 6.07 Å². The van der Waals surface area contributed by atoms with Crippen LogP contribution >= 0.6 is 0 Å². The van der Waals surface area contributed by atoms with Gasteiger partial charge in [0.05, 0.1) is 6.61 Å². The highest BCUT2D eigenvalue weighted by Crippen LogP contribution is 2.20. The molecule has 2 amide bonds. The summed E-state index contributed by atoms with van der Waals surface area (Å²) in [6.07, 6.45) is 4.00. The molecule has 0 fully saturated rings. The summed E-state index contributed by atoms with van der Waals surface area (Å²) in [6, 6.07) is 8.84. The number of nitrogens with zero attached hydrogens (tertiary/aromatic N) is 2. The smallest absolute Gasteiger partial charge is 0.319 e. The lowest BCUT2D eigenvalue weighted by molar-refractivity contribution is 0.144. The van der Waals surface area contributed by atoms with E-state index < -0.39 is 0 Å². The molecule has 122 valence electrons. The summed E-state index contributed by atoms with van der Waals surface area (Å²) in [5, 5.41) is 5.50. The van der Waals surface area contributed by atoms with Gasteiger partial charge in [-0.15, -0.1) is 0 Å². The van der Waals surface area contributed by atoms with Gasteiger partial charge in [0.1, 0.15) is 12.3 Å². The first kappa shape index (κ1) is 16.7. The second kappa shape index (κ2) is 9.37. The molecule has 2 heterocycles. The molecule has 2 aromatic rings. The Balaban J connectivity index is 1.80. The lowest BCUT2D eigenvalue weighted by Gasteiger charge is -2.11. The highest BCUT2D eigenvalue weighted by Gasteiger charge is 2.08. The average molecular weight is 316 g/mol. The van der Waals surface area contributed by atoms with Crippen molar-refractivity contribution in [2.24, 2.45) is 0 Å². The standard InChI is InChI=1S/C16H20N4O3/c1-22-11-12-23-15-14(6-4-9-18-15)20-16(21)19-10-7-13-5-2-3-8-17-13/h2-6,8-9H,7,10-12H2,1H3,(H2,19,20,21). The Kier molecular flexibility index (Phi) is 6.80. The lowest BCUT2D eigenvalue weighted by atomic mass is 10.3. The van der Waals surface area contributed by atoms with Crippen LogP contribution in [0.15, 0.2) is 42.7 Å². The maximum Gasteiger partial charge on any atom is 0.319 e. The zero-order valence-corrected chi connectivity index (χ0v) is 13.0. The van der Waals surface area contributed by atoms with Gasteiger partial charge in [-0.05, 0) is 24.3 Å². The van der Waals surface area contributed by atoms with E-state index in [0.717, 1.165) is 5.69 Å². The van der Waals surface area contributed by atoms with Crippen molar-refractivity contribution in [1.82, 2.24) is 15.3 Å². The topological polar surface area (TPSA) is 85.4 Å². The number of hydrogen-bond acceptors (Lipinski definition) is 5. The van der Waals surface area contributed by atoms with Crippen molar-refractivity contribution in [2.45, 2.75) is 6.42 Å². The first-order chi connectivity index (χ1) is 11.3. The van der Waals surface area contributed by atoms with Crippen molar-refractivity contribution >= 4 is 11.7 Å². The number of nitrogens with one attached hydrogen (secondary N) is 2. The molecule has 0 saturated carbocycles. The lowest BCUT2D eigenvalue weighted by Crippen LogP contribution is -2.30. The quantitative estimate of drug-likeness (QED) is 0.726. The molecule has 2 rings (SSSR count). The number of methoxy groups -OCH3 is 1. The monoisotopic (exact) mass is 316 g/mol. The van der Waals surface area contributed by atoms with E-state index in [1.54, 1.807) is 31.6 Å². The first-order valence-electron chi connectivity index (χ1n) is 7.31. The van der Waals surface area contributed by atoms with Crippen molar-refractivity contribution in [2.75, 3.05) is 32.2 Å². The zero-order valence-electron chi connectivity index (χ0n) is 13.0. The molecule has 2 N–H and O–H groups in total.